The van der Waals surface area contributed by atoms with Crippen molar-refractivity contribution in [3.8, 4) is 0 Å². The number of pyridine rings is 1. The average Bonchev–Trinajstić information content (AvgIpc) is 2.78. The minimum atomic E-state index is -5.01. The van der Waals surface area contributed by atoms with Crippen LogP contribution in [0.5, 0.6) is 0 Å². The van der Waals surface area contributed by atoms with Gasteiger partial charge in [0, 0.05) is 17.4 Å². The molecule has 11 heteroatoms. The Morgan fingerprint density at radius 3 is 2.08 bits per heavy atom. The standard InChI is InChI=1S/C25H32F6N4O/c1-5-34(6-2)12-8-10-18(4)35(16-21-11-7-9-17(3)32-21)23(36)33-22-14-19(24(26,27)28)13-20(15-22)25(29,30)31/h7,9,11,13-15,18H,5-6,8,10,12,16H2,1-4H3,(H,33,36). The largest absolute Gasteiger partial charge is 0.416 e. The van der Waals surface area contributed by atoms with Gasteiger partial charge in [-0.05, 0) is 76.7 Å². The van der Waals surface area contributed by atoms with E-state index < -0.39 is 35.2 Å². The van der Waals surface area contributed by atoms with Gasteiger partial charge >= 0.3 is 18.4 Å². The van der Waals surface area contributed by atoms with Gasteiger partial charge in [-0.25, -0.2) is 4.79 Å². The number of nitrogens with zero attached hydrogens (tertiary/aromatic N) is 3. The van der Waals surface area contributed by atoms with Gasteiger partial charge in [-0.1, -0.05) is 19.9 Å². The van der Waals surface area contributed by atoms with E-state index >= 15 is 0 Å². The molecular formula is C25H32F6N4O. The second-order valence-electron chi connectivity index (χ2n) is 8.64. The summed E-state index contributed by atoms with van der Waals surface area (Å²) >= 11 is 0. The maximum absolute atomic E-state index is 13.2. The van der Waals surface area contributed by atoms with E-state index in [1.807, 2.05) is 13.8 Å². The number of anilines is 1. The number of carbonyl (C=O) groups is 1. The Morgan fingerprint density at radius 2 is 1.58 bits per heavy atom. The normalized spacial score (nSPS) is 13.1. The summed E-state index contributed by atoms with van der Waals surface area (Å²) in [6.45, 7) is 10.3. The van der Waals surface area contributed by atoms with E-state index in [1.54, 1.807) is 32.0 Å². The lowest BCUT2D eigenvalue weighted by Gasteiger charge is -2.30. The molecule has 200 valence electrons. The summed E-state index contributed by atoms with van der Waals surface area (Å²) in [6.07, 6.45) is -8.67. The number of carbonyl (C=O) groups excluding carboxylic acids is 1. The molecule has 0 aliphatic heterocycles. The zero-order valence-electron chi connectivity index (χ0n) is 20.8. The number of nitrogens with one attached hydrogen (secondary N) is 1. The lowest BCUT2D eigenvalue weighted by Crippen LogP contribution is -2.41. The van der Waals surface area contributed by atoms with Crippen LogP contribution < -0.4 is 5.32 Å². The van der Waals surface area contributed by atoms with Crippen LogP contribution in [0.2, 0.25) is 0 Å². The van der Waals surface area contributed by atoms with Crippen LogP contribution >= 0.6 is 0 Å². The summed E-state index contributed by atoms with van der Waals surface area (Å²) in [5.74, 6) is 0. The SMILES string of the molecule is CCN(CC)CCCC(C)N(Cc1cccc(C)n1)C(=O)Nc1cc(C(F)(F)F)cc(C(F)(F)F)c1. The van der Waals surface area contributed by atoms with Crippen molar-refractivity contribution in [3.05, 3.63) is 58.9 Å². The van der Waals surface area contributed by atoms with Gasteiger partial charge in [0.25, 0.3) is 0 Å². The van der Waals surface area contributed by atoms with Gasteiger partial charge in [0.05, 0.1) is 23.4 Å². The Hall–Kier alpha value is -2.82. The number of benzene rings is 1. The monoisotopic (exact) mass is 518 g/mol. The predicted octanol–water partition coefficient (Wildman–Crippen LogP) is 6.97. The van der Waals surface area contributed by atoms with Gasteiger partial charge in [0.1, 0.15) is 0 Å². The zero-order valence-corrected chi connectivity index (χ0v) is 20.8. The Kier molecular flexibility index (Phi) is 10.2. The van der Waals surface area contributed by atoms with E-state index in [-0.39, 0.29) is 18.7 Å². The molecule has 36 heavy (non-hydrogen) atoms. The topological polar surface area (TPSA) is 48.5 Å². The second-order valence-corrected chi connectivity index (χ2v) is 8.64. The highest BCUT2D eigenvalue weighted by molar-refractivity contribution is 5.89. The van der Waals surface area contributed by atoms with Crippen molar-refractivity contribution >= 4 is 11.7 Å². The number of rotatable bonds is 10. The van der Waals surface area contributed by atoms with E-state index in [9.17, 15) is 31.1 Å². The molecule has 5 nitrogen and oxygen atoms in total. The second kappa shape index (κ2) is 12.4. The Balaban J connectivity index is 2.32. The first-order chi connectivity index (χ1) is 16.7. The molecule has 0 aliphatic rings. The highest BCUT2D eigenvalue weighted by Gasteiger charge is 2.37. The summed E-state index contributed by atoms with van der Waals surface area (Å²) in [4.78, 5) is 21.2. The molecule has 0 saturated carbocycles. The maximum Gasteiger partial charge on any atom is 0.416 e. The third-order valence-corrected chi connectivity index (χ3v) is 5.90. The molecule has 0 saturated heterocycles. The molecule has 2 amide bonds. The first kappa shape index (κ1) is 29.4. The molecule has 1 atom stereocenters. The fraction of sp³-hybridized carbons (Fsp3) is 0.520. The van der Waals surface area contributed by atoms with E-state index in [0.717, 1.165) is 31.7 Å². The van der Waals surface area contributed by atoms with Crippen molar-refractivity contribution in [3.63, 3.8) is 0 Å². The molecule has 2 aromatic rings. The first-order valence-electron chi connectivity index (χ1n) is 11.8. The van der Waals surface area contributed by atoms with Crippen molar-refractivity contribution in [1.82, 2.24) is 14.8 Å². The van der Waals surface area contributed by atoms with Crippen molar-refractivity contribution < 1.29 is 31.1 Å². The number of aryl methyl sites for hydroxylation is 1. The zero-order chi connectivity index (χ0) is 27.1. The summed E-state index contributed by atoms with van der Waals surface area (Å²) in [5, 5.41) is 2.25. The minimum Gasteiger partial charge on any atom is -0.316 e. The van der Waals surface area contributed by atoms with Gasteiger partial charge in [-0.3, -0.25) is 4.98 Å². The van der Waals surface area contributed by atoms with Crippen molar-refractivity contribution in [2.75, 3.05) is 25.0 Å². The van der Waals surface area contributed by atoms with E-state index in [2.05, 4.69) is 15.2 Å². The number of amides is 2. The highest BCUT2D eigenvalue weighted by Crippen LogP contribution is 2.37. The fourth-order valence-electron chi connectivity index (χ4n) is 3.82. The van der Waals surface area contributed by atoms with Crippen LogP contribution in [-0.2, 0) is 18.9 Å². The fourth-order valence-corrected chi connectivity index (χ4v) is 3.82. The number of hydrogen-bond donors (Lipinski definition) is 1. The molecule has 0 fully saturated rings. The van der Waals surface area contributed by atoms with Crippen LogP contribution in [0, 0.1) is 6.92 Å². The Bertz CT molecular complexity index is 973. The third kappa shape index (κ3) is 8.69. The molecule has 2 rings (SSSR count). The van der Waals surface area contributed by atoms with Gasteiger partial charge in [0.15, 0.2) is 0 Å². The molecule has 1 N–H and O–H groups in total. The smallest absolute Gasteiger partial charge is 0.316 e. The van der Waals surface area contributed by atoms with Gasteiger partial charge in [-0.2, -0.15) is 26.3 Å². The van der Waals surface area contributed by atoms with E-state index in [1.165, 1.54) is 4.90 Å². The summed E-state index contributed by atoms with van der Waals surface area (Å²) in [6, 6.07) is 5.13. The summed E-state index contributed by atoms with van der Waals surface area (Å²) < 4.78 is 79.5. The Labute approximate surface area is 207 Å². The van der Waals surface area contributed by atoms with E-state index in [0.29, 0.717) is 24.2 Å². The first-order valence-corrected chi connectivity index (χ1v) is 11.8. The third-order valence-electron chi connectivity index (χ3n) is 5.90. The molecule has 0 radical (unpaired) electrons. The number of alkyl halides is 6. The van der Waals surface area contributed by atoms with Crippen LogP contribution in [0.3, 0.4) is 0 Å². The molecule has 0 aliphatic carbocycles. The van der Waals surface area contributed by atoms with Crippen molar-refractivity contribution in [1.29, 1.82) is 0 Å². The maximum atomic E-state index is 13.2. The average molecular weight is 519 g/mol. The molecule has 1 unspecified atom stereocenters. The number of hydrogen-bond acceptors (Lipinski definition) is 3. The molecular weight excluding hydrogens is 486 g/mol. The summed E-state index contributed by atoms with van der Waals surface area (Å²) in [5.41, 5.74) is -2.30. The Morgan fingerprint density at radius 1 is 1.00 bits per heavy atom. The van der Waals surface area contributed by atoms with Gasteiger partial charge in [-0.15, -0.1) is 0 Å². The molecule has 0 bridgehead atoms. The predicted molar refractivity (Wildman–Crippen MR) is 126 cm³/mol. The van der Waals surface area contributed by atoms with Gasteiger partial charge in [0.2, 0.25) is 0 Å². The number of urea groups is 1. The molecule has 1 aromatic heterocycles. The molecule has 1 heterocycles. The van der Waals surface area contributed by atoms with Crippen LogP contribution in [-0.4, -0.2) is 46.5 Å². The van der Waals surface area contributed by atoms with Crippen molar-refractivity contribution in [2.45, 2.75) is 65.5 Å². The van der Waals surface area contributed by atoms with Crippen LogP contribution in [0.4, 0.5) is 36.8 Å². The van der Waals surface area contributed by atoms with Crippen molar-refractivity contribution in [2.24, 2.45) is 0 Å². The quantitative estimate of drug-likeness (QED) is 0.346. The van der Waals surface area contributed by atoms with E-state index in [4.69, 9.17) is 0 Å². The van der Waals surface area contributed by atoms with Crippen LogP contribution in [0.15, 0.2) is 36.4 Å². The van der Waals surface area contributed by atoms with Gasteiger partial charge < -0.3 is 15.1 Å². The minimum absolute atomic E-state index is 0.0277. The number of halogens is 6. The van der Waals surface area contributed by atoms with Crippen LogP contribution in [0.25, 0.3) is 0 Å². The molecule has 0 spiro atoms. The molecule has 1 aromatic carbocycles. The highest BCUT2D eigenvalue weighted by atomic mass is 19.4. The lowest BCUT2D eigenvalue weighted by atomic mass is 10.1. The lowest BCUT2D eigenvalue weighted by molar-refractivity contribution is -0.143. The van der Waals surface area contributed by atoms with Crippen LogP contribution in [0.1, 0.15) is 56.1 Å². The number of aromatic nitrogens is 1. The summed E-state index contributed by atoms with van der Waals surface area (Å²) in [7, 11) is 0.